The number of aliphatic hydroxyl groups excluding tert-OH is 1. The summed E-state index contributed by atoms with van der Waals surface area (Å²) in [4.78, 5) is 4.22. The molecule has 0 aliphatic heterocycles. The lowest BCUT2D eigenvalue weighted by atomic mass is 10.0. The molecule has 0 bridgehead atoms. The second-order valence-corrected chi connectivity index (χ2v) is 5.12. The van der Waals surface area contributed by atoms with Crippen LogP contribution < -0.4 is 0 Å². The van der Waals surface area contributed by atoms with Crippen molar-refractivity contribution in [3.63, 3.8) is 0 Å². The Morgan fingerprint density at radius 3 is 2.56 bits per heavy atom. The van der Waals surface area contributed by atoms with E-state index in [9.17, 15) is 5.11 Å². The van der Waals surface area contributed by atoms with E-state index in [4.69, 9.17) is 0 Å². The van der Waals surface area contributed by atoms with E-state index in [1.165, 1.54) is 5.56 Å². The summed E-state index contributed by atoms with van der Waals surface area (Å²) in [6.07, 6.45) is 3.21. The maximum absolute atomic E-state index is 10.3. The van der Waals surface area contributed by atoms with Gasteiger partial charge in [-0.1, -0.05) is 37.6 Å². The van der Waals surface area contributed by atoms with Crippen molar-refractivity contribution in [1.29, 1.82) is 0 Å². The number of nitrogens with zero attached hydrogens (tertiary/aromatic N) is 1. The van der Waals surface area contributed by atoms with Crippen molar-refractivity contribution >= 4 is 15.9 Å². The molecule has 1 aromatic carbocycles. The first-order valence-electron chi connectivity index (χ1n) is 6.09. The van der Waals surface area contributed by atoms with Crippen LogP contribution in [-0.4, -0.2) is 10.1 Å². The van der Waals surface area contributed by atoms with Crippen LogP contribution in [-0.2, 0) is 6.42 Å². The van der Waals surface area contributed by atoms with Crippen molar-refractivity contribution in [3.8, 4) is 0 Å². The van der Waals surface area contributed by atoms with Crippen LogP contribution in [0.5, 0.6) is 0 Å². The fourth-order valence-electron chi connectivity index (χ4n) is 1.91. The molecule has 3 heteroatoms. The molecule has 0 saturated carbocycles. The summed E-state index contributed by atoms with van der Waals surface area (Å²) in [6.45, 7) is 2.16. The molecule has 2 nitrogen and oxygen atoms in total. The van der Waals surface area contributed by atoms with E-state index in [0.29, 0.717) is 5.69 Å². The summed E-state index contributed by atoms with van der Waals surface area (Å²) in [6, 6.07) is 11.8. The Kier molecular flexibility index (Phi) is 4.50. The smallest absolute Gasteiger partial charge is 0.122 e. The standard InChI is InChI=1S/C15H16BrNO/c1-2-4-11-6-8-12(9-7-11)15(18)14-13(16)5-3-10-17-14/h3,5-10,15,18H,2,4H2,1H3. The first-order chi connectivity index (χ1) is 8.72. The quantitative estimate of drug-likeness (QED) is 0.930. The summed E-state index contributed by atoms with van der Waals surface area (Å²) in [5, 5.41) is 10.3. The Morgan fingerprint density at radius 2 is 1.94 bits per heavy atom. The molecular weight excluding hydrogens is 290 g/mol. The van der Waals surface area contributed by atoms with E-state index in [-0.39, 0.29) is 0 Å². The fraction of sp³-hybridized carbons (Fsp3) is 0.267. The summed E-state index contributed by atoms with van der Waals surface area (Å²) in [5.74, 6) is 0. The summed E-state index contributed by atoms with van der Waals surface area (Å²) in [7, 11) is 0. The van der Waals surface area contributed by atoms with Crippen LogP contribution in [0, 0.1) is 0 Å². The van der Waals surface area contributed by atoms with E-state index in [1.54, 1.807) is 6.20 Å². The number of halogens is 1. The molecule has 0 amide bonds. The zero-order chi connectivity index (χ0) is 13.0. The maximum atomic E-state index is 10.3. The minimum Gasteiger partial charge on any atom is -0.382 e. The topological polar surface area (TPSA) is 33.1 Å². The van der Waals surface area contributed by atoms with E-state index in [0.717, 1.165) is 22.9 Å². The number of pyridine rings is 1. The van der Waals surface area contributed by atoms with Crippen LogP contribution in [0.15, 0.2) is 47.1 Å². The van der Waals surface area contributed by atoms with Gasteiger partial charge >= 0.3 is 0 Å². The first kappa shape index (κ1) is 13.2. The number of aromatic nitrogens is 1. The number of hydrogen-bond acceptors (Lipinski definition) is 2. The monoisotopic (exact) mass is 305 g/mol. The lowest BCUT2D eigenvalue weighted by molar-refractivity contribution is 0.214. The van der Waals surface area contributed by atoms with Crippen LogP contribution >= 0.6 is 15.9 Å². The van der Waals surface area contributed by atoms with E-state index >= 15 is 0 Å². The minimum atomic E-state index is -0.684. The number of rotatable bonds is 4. The zero-order valence-electron chi connectivity index (χ0n) is 10.3. The second-order valence-electron chi connectivity index (χ2n) is 4.26. The van der Waals surface area contributed by atoms with Gasteiger partial charge in [0.05, 0.1) is 5.69 Å². The molecule has 18 heavy (non-hydrogen) atoms. The van der Waals surface area contributed by atoms with Crippen molar-refractivity contribution < 1.29 is 5.11 Å². The van der Waals surface area contributed by atoms with E-state index in [2.05, 4.69) is 40.0 Å². The van der Waals surface area contributed by atoms with Crippen molar-refractivity contribution in [2.75, 3.05) is 0 Å². The molecule has 0 aliphatic carbocycles. The molecule has 0 fully saturated rings. The predicted octanol–water partition coefficient (Wildman–Crippen LogP) is 3.88. The minimum absolute atomic E-state index is 0.653. The molecule has 2 aromatic rings. The molecule has 94 valence electrons. The molecule has 1 N–H and O–H groups in total. The van der Waals surface area contributed by atoms with Gasteiger partial charge in [-0.3, -0.25) is 4.98 Å². The Labute approximate surface area is 116 Å². The van der Waals surface area contributed by atoms with Gasteiger partial charge in [0, 0.05) is 10.7 Å². The SMILES string of the molecule is CCCc1ccc(C(O)c2ncccc2Br)cc1. The van der Waals surface area contributed by atoms with Gasteiger partial charge in [-0.2, -0.15) is 0 Å². The summed E-state index contributed by atoms with van der Waals surface area (Å²) < 4.78 is 0.829. The Balaban J connectivity index is 2.23. The highest BCUT2D eigenvalue weighted by Gasteiger charge is 2.14. The highest BCUT2D eigenvalue weighted by Crippen LogP contribution is 2.26. The Bertz CT molecular complexity index is 510. The van der Waals surface area contributed by atoms with E-state index in [1.807, 2.05) is 24.3 Å². The predicted molar refractivity (Wildman–Crippen MR) is 76.4 cm³/mol. The van der Waals surface area contributed by atoms with Gasteiger partial charge in [-0.15, -0.1) is 0 Å². The van der Waals surface area contributed by atoms with Crippen LogP contribution in [0.2, 0.25) is 0 Å². The van der Waals surface area contributed by atoms with Gasteiger partial charge in [0.15, 0.2) is 0 Å². The molecule has 0 spiro atoms. The third-order valence-electron chi connectivity index (χ3n) is 2.88. The average Bonchev–Trinajstić information content (AvgIpc) is 2.40. The molecule has 1 unspecified atom stereocenters. The Morgan fingerprint density at radius 1 is 1.22 bits per heavy atom. The van der Waals surface area contributed by atoms with Gasteiger partial charge in [0.25, 0.3) is 0 Å². The highest BCUT2D eigenvalue weighted by atomic mass is 79.9. The second kappa shape index (κ2) is 6.12. The van der Waals surface area contributed by atoms with Crippen molar-refractivity contribution in [3.05, 3.63) is 63.9 Å². The third-order valence-corrected chi connectivity index (χ3v) is 3.55. The van der Waals surface area contributed by atoms with Crippen LogP contribution in [0.4, 0.5) is 0 Å². The first-order valence-corrected chi connectivity index (χ1v) is 6.89. The molecule has 0 radical (unpaired) electrons. The van der Waals surface area contributed by atoms with E-state index < -0.39 is 6.10 Å². The van der Waals surface area contributed by atoms with Crippen LogP contribution in [0.25, 0.3) is 0 Å². The molecule has 1 aromatic heterocycles. The van der Waals surface area contributed by atoms with Gasteiger partial charge < -0.3 is 5.11 Å². The molecule has 0 saturated heterocycles. The normalized spacial score (nSPS) is 12.4. The molecule has 2 rings (SSSR count). The van der Waals surface area contributed by atoms with Crippen molar-refractivity contribution in [2.45, 2.75) is 25.9 Å². The van der Waals surface area contributed by atoms with Gasteiger partial charge in [0.1, 0.15) is 6.10 Å². The van der Waals surface area contributed by atoms with Crippen LogP contribution in [0.3, 0.4) is 0 Å². The summed E-state index contributed by atoms with van der Waals surface area (Å²) in [5.41, 5.74) is 2.82. The maximum Gasteiger partial charge on any atom is 0.122 e. The van der Waals surface area contributed by atoms with Gasteiger partial charge in [-0.05, 0) is 45.6 Å². The molecular formula is C15H16BrNO. The fourth-order valence-corrected chi connectivity index (χ4v) is 2.38. The van der Waals surface area contributed by atoms with Crippen molar-refractivity contribution in [1.82, 2.24) is 4.98 Å². The third kappa shape index (κ3) is 2.98. The average molecular weight is 306 g/mol. The number of benzene rings is 1. The van der Waals surface area contributed by atoms with Crippen LogP contribution in [0.1, 0.15) is 36.3 Å². The largest absolute Gasteiger partial charge is 0.382 e. The lowest BCUT2D eigenvalue weighted by Crippen LogP contribution is -2.03. The van der Waals surface area contributed by atoms with Gasteiger partial charge in [0.2, 0.25) is 0 Å². The van der Waals surface area contributed by atoms with Gasteiger partial charge in [-0.25, -0.2) is 0 Å². The molecule has 1 atom stereocenters. The van der Waals surface area contributed by atoms with Crippen molar-refractivity contribution in [2.24, 2.45) is 0 Å². The lowest BCUT2D eigenvalue weighted by Gasteiger charge is -2.12. The highest BCUT2D eigenvalue weighted by molar-refractivity contribution is 9.10. The number of aryl methyl sites for hydroxylation is 1. The Hall–Kier alpha value is -1.19. The number of aliphatic hydroxyl groups is 1. The number of hydrogen-bond donors (Lipinski definition) is 1. The zero-order valence-corrected chi connectivity index (χ0v) is 11.9. The summed E-state index contributed by atoms with van der Waals surface area (Å²) >= 11 is 3.41. The molecule has 0 aliphatic rings. The molecule has 1 heterocycles.